The number of nitrogens with zero attached hydrogens (tertiary/aromatic N) is 2. The largest absolute Gasteiger partial charge is 0.382 e. The molecule has 1 aromatic carbocycles. The molecule has 2 rings (SSSR count). The number of likely N-dealkylation sites (N-methyl/N-ethyl adjacent to an activating group) is 1. The van der Waals surface area contributed by atoms with Gasteiger partial charge in [-0.2, -0.15) is 0 Å². The first-order chi connectivity index (χ1) is 9.46. The smallest absolute Gasteiger partial charge is 0.114 e. The van der Waals surface area contributed by atoms with E-state index >= 15 is 0 Å². The molecule has 3 N–H and O–H groups in total. The number of nitrogens with two attached hydrogens (primary N) is 1. The van der Waals surface area contributed by atoms with Gasteiger partial charge in [0.05, 0.1) is 0 Å². The zero-order valence-corrected chi connectivity index (χ0v) is 12.8. The molecule has 0 aromatic heterocycles. The van der Waals surface area contributed by atoms with Crippen molar-refractivity contribution in [1.82, 2.24) is 9.80 Å². The van der Waals surface area contributed by atoms with Crippen LogP contribution in [0.15, 0.2) is 30.3 Å². The molecular weight excluding hydrogens is 250 g/mol. The number of hydrogen-bond donors (Lipinski definition) is 2. The van der Waals surface area contributed by atoms with Crippen LogP contribution >= 0.6 is 0 Å². The van der Waals surface area contributed by atoms with Crippen molar-refractivity contribution in [2.24, 2.45) is 11.7 Å². The Balaban J connectivity index is 2.08. The van der Waals surface area contributed by atoms with E-state index in [2.05, 4.69) is 30.8 Å². The van der Waals surface area contributed by atoms with Gasteiger partial charge < -0.3 is 15.7 Å². The Morgan fingerprint density at radius 3 is 2.45 bits per heavy atom. The second kappa shape index (κ2) is 6.22. The van der Waals surface area contributed by atoms with Gasteiger partial charge in [0, 0.05) is 32.2 Å². The maximum atomic E-state index is 10.9. The fourth-order valence-electron chi connectivity index (χ4n) is 3.24. The molecule has 4 nitrogen and oxygen atoms in total. The van der Waals surface area contributed by atoms with Crippen LogP contribution in [0, 0.1) is 5.92 Å². The fourth-order valence-corrected chi connectivity index (χ4v) is 3.24. The number of aliphatic hydroxyl groups is 1. The van der Waals surface area contributed by atoms with Crippen molar-refractivity contribution < 1.29 is 5.11 Å². The van der Waals surface area contributed by atoms with Gasteiger partial charge in [0.25, 0.3) is 0 Å². The lowest BCUT2D eigenvalue weighted by Crippen LogP contribution is -2.46. The summed E-state index contributed by atoms with van der Waals surface area (Å²) in [6, 6.07) is 10.3. The Morgan fingerprint density at radius 1 is 1.30 bits per heavy atom. The first kappa shape index (κ1) is 15.4. The summed E-state index contributed by atoms with van der Waals surface area (Å²) in [6.45, 7) is 5.12. The summed E-state index contributed by atoms with van der Waals surface area (Å²) in [5.41, 5.74) is 5.81. The molecule has 0 bridgehead atoms. The molecule has 1 aliphatic heterocycles. The zero-order chi connectivity index (χ0) is 14.8. The van der Waals surface area contributed by atoms with E-state index in [-0.39, 0.29) is 6.54 Å². The summed E-state index contributed by atoms with van der Waals surface area (Å²) >= 11 is 0. The van der Waals surface area contributed by atoms with Gasteiger partial charge in [-0.1, -0.05) is 37.3 Å². The molecule has 1 aromatic rings. The number of likely N-dealkylation sites (tertiary alicyclic amines) is 1. The molecule has 20 heavy (non-hydrogen) atoms. The third-order valence-electron chi connectivity index (χ3n) is 4.45. The molecule has 0 saturated carbocycles. The fraction of sp³-hybridized carbons (Fsp3) is 0.625. The third kappa shape index (κ3) is 3.20. The molecule has 3 atom stereocenters. The van der Waals surface area contributed by atoms with Crippen molar-refractivity contribution >= 4 is 0 Å². The van der Waals surface area contributed by atoms with Crippen LogP contribution in [-0.2, 0) is 5.60 Å². The molecule has 3 unspecified atom stereocenters. The first-order valence-electron chi connectivity index (χ1n) is 7.33. The van der Waals surface area contributed by atoms with Gasteiger partial charge in [0.1, 0.15) is 5.60 Å². The van der Waals surface area contributed by atoms with Crippen LogP contribution < -0.4 is 5.73 Å². The second-order valence-corrected chi connectivity index (χ2v) is 6.30. The molecule has 1 fully saturated rings. The van der Waals surface area contributed by atoms with Gasteiger partial charge >= 0.3 is 0 Å². The van der Waals surface area contributed by atoms with Crippen LogP contribution in [0.25, 0.3) is 0 Å². The van der Waals surface area contributed by atoms with Gasteiger partial charge in [-0.05, 0) is 25.6 Å². The van der Waals surface area contributed by atoms with Crippen LogP contribution in [0.4, 0.5) is 0 Å². The highest BCUT2D eigenvalue weighted by molar-refractivity contribution is 5.23. The maximum absolute atomic E-state index is 10.9. The molecule has 1 heterocycles. The standard InChI is InChI=1S/C16H27N3O/c1-13-9-19(10-15(13)18(2)3)12-16(20,11-17)14-7-5-4-6-8-14/h4-8,13,15,20H,9-12,17H2,1-3H3. The molecule has 112 valence electrons. The molecular formula is C16H27N3O. The molecule has 1 aliphatic rings. The van der Waals surface area contributed by atoms with Gasteiger partial charge in [0.2, 0.25) is 0 Å². The summed E-state index contributed by atoms with van der Waals surface area (Å²) in [5.74, 6) is 0.614. The minimum absolute atomic E-state index is 0.245. The topological polar surface area (TPSA) is 52.7 Å². The average molecular weight is 277 g/mol. The van der Waals surface area contributed by atoms with Crippen LogP contribution in [0.2, 0.25) is 0 Å². The van der Waals surface area contributed by atoms with Gasteiger partial charge in [-0.25, -0.2) is 0 Å². The normalized spacial score (nSPS) is 26.9. The van der Waals surface area contributed by atoms with E-state index in [1.54, 1.807) is 0 Å². The van der Waals surface area contributed by atoms with E-state index in [0.29, 0.717) is 18.5 Å². The van der Waals surface area contributed by atoms with Crippen molar-refractivity contribution in [2.75, 3.05) is 40.3 Å². The highest BCUT2D eigenvalue weighted by atomic mass is 16.3. The lowest BCUT2D eigenvalue weighted by atomic mass is 9.93. The first-order valence-corrected chi connectivity index (χ1v) is 7.33. The highest BCUT2D eigenvalue weighted by Crippen LogP contribution is 2.26. The van der Waals surface area contributed by atoms with Crippen LogP contribution in [0.5, 0.6) is 0 Å². The minimum atomic E-state index is -0.956. The predicted octanol–water partition coefficient (Wildman–Crippen LogP) is 0.715. The van der Waals surface area contributed by atoms with Crippen molar-refractivity contribution in [2.45, 2.75) is 18.6 Å². The summed E-state index contributed by atoms with van der Waals surface area (Å²) in [7, 11) is 4.24. The lowest BCUT2D eigenvalue weighted by molar-refractivity contribution is 0.0114. The van der Waals surface area contributed by atoms with Crippen molar-refractivity contribution in [1.29, 1.82) is 0 Å². The van der Waals surface area contributed by atoms with Crippen LogP contribution in [-0.4, -0.2) is 61.2 Å². The maximum Gasteiger partial charge on any atom is 0.114 e. The molecule has 0 amide bonds. The quantitative estimate of drug-likeness (QED) is 0.832. The Bertz CT molecular complexity index is 423. The lowest BCUT2D eigenvalue weighted by Gasteiger charge is -2.32. The number of hydrogen-bond acceptors (Lipinski definition) is 4. The average Bonchev–Trinajstić information content (AvgIpc) is 2.80. The second-order valence-electron chi connectivity index (χ2n) is 6.30. The van der Waals surface area contributed by atoms with E-state index in [1.807, 2.05) is 30.3 Å². The Kier molecular flexibility index (Phi) is 4.81. The summed E-state index contributed by atoms with van der Waals surface area (Å²) in [6.07, 6.45) is 0. The number of rotatable bonds is 5. The summed E-state index contributed by atoms with van der Waals surface area (Å²) in [4.78, 5) is 4.60. The molecule has 0 aliphatic carbocycles. The van der Waals surface area contributed by atoms with E-state index in [4.69, 9.17) is 5.73 Å². The molecule has 0 radical (unpaired) electrons. The van der Waals surface area contributed by atoms with Crippen LogP contribution in [0.3, 0.4) is 0 Å². The van der Waals surface area contributed by atoms with Crippen molar-refractivity contribution in [3.8, 4) is 0 Å². The van der Waals surface area contributed by atoms with E-state index in [1.165, 1.54) is 0 Å². The predicted molar refractivity (Wildman–Crippen MR) is 82.5 cm³/mol. The highest BCUT2D eigenvalue weighted by Gasteiger charge is 2.36. The summed E-state index contributed by atoms with van der Waals surface area (Å²) < 4.78 is 0. The van der Waals surface area contributed by atoms with Crippen molar-refractivity contribution in [3.05, 3.63) is 35.9 Å². The minimum Gasteiger partial charge on any atom is -0.382 e. The molecule has 1 saturated heterocycles. The Morgan fingerprint density at radius 2 is 1.95 bits per heavy atom. The van der Waals surface area contributed by atoms with Crippen LogP contribution in [0.1, 0.15) is 12.5 Å². The number of benzene rings is 1. The zero-order valence-electron chi connectivity index (χ0n) is 12.8. The Hall–Kier alpha value is -0.940. The molecule has 4 heteroatoms. The molecule has 0 spiro atoms. The monoisotopic (exact) mass is 277 g/mol. The van der Waals surface area contributed by atoms with Gasteiger partial charge in [-0.3, -0.25) is 4.90 Å². The number of β-amino-alcohol motifs (C(OH)–C–C–N with tert-alkyl or cyclic N) is 1. The van der Waals surface area contributed by atoms with E-state index < -0.39 is 5.60 Å². The van der Waals surface area contributed by atoms with Crippen molar-refractivity contribution in [3.63, 3.8) is 0 Å². The van der Waals surface area contributed by atoms with Gasteiger partial charge in [0.15, 0.2) is 0 Å². The Labute approximate surface area is 122 Å². The van der Waals surface area contributed by atoms with Gasteiger partial charge in [-0.15, -0.1) is 0 Å². The summed E-state index contributed by atoms with van der Waals surface area (Å²) in [5, 5.41) is 10.9. The van der Waals surface area contributed by atoms with E-state index in [0.717, 1.165) is 18.7 Å². The third-order valence-corrected chi connectivity index (χ3v) is 4.45. The van der Waals surface area contributed by atoms with E-state index in [9.17, 15) is 5.11 Å². The SMILES string of the molecule is CC1CN(CC(O)(CN)c2ccccc2)CC1N(C)C.